The third-order valence-corrected chi connectivity index (χ3v) is 3.41. The second-order valence-electron chi connectivity index (χ2n) is 4.68. The van der Waals surface area contributed by atoms with Gasteiger partial charge in [-0.3, -0.25) is 0 Å². The lowest BCUT2D eigenvalue weighted by atomic mass is 9.94. The molecule has 0 aliphatic heterocycles. The molecule has 0 aromatic heterocycles. The minimum absolute atomic E-state index is 0.816. The molecule has 0 unspecified atom stereocenters. The summed E-state index contributed by atoms with van der Waals surface area (Å²) in [7, 11) is 0. The topological polar surface area (TPSA) is 0 Å². The Hall–Kier alpha value is -1.56. The zero-order chi connectivity index (χ0) is 11.0. The van der Waals surface area contributed by atoms with Crippen molar-refractivity contribution in [2.24, 2.45) is 0 Å². The molecule has 16 heavy (non-hydrogen) atoms. The monoisotopic (exact) mass is 208 g/mol. The van der Waals surface area contributed by atoms with Crippen LogP contribution in [0.3, 0.4) is 0 Å². The Morgan fingerprint density at radius 3 is 2.12 bits per heavy atom. The number of hydrogen-bond acceptors (Lipinski definition) is 0. The van der Waals surface area contributed by atoms with Crippen LogP contribution in [0.15, 0.2) is 48.5 Å². The normalized spacial score (nSPS) is 15.1. The van der Waals surface area contributed by atoms with E-state index in [-0.39, 0.29) is 0 Å². The standard InChI is InChI=1S/C16H16/c1-12-6-2-3-7-14(12)16-9-5-4-8-15(16)13-10-11-13/h2-9,13H,10-11H2,1H3. The van der Waals surface area contributed by atoms with Crippen LogP contribution < -0.4 is 0 Å². The molecule has 0 saturated heterocycles. The Morgan fingerprint density at radius 1 is 0.812 bits per heavy atom. The van der Waals surface area contributed by atoms with E-state index in [2.05, 4.69) is 55.5 Å². The number of hydrogen-bond donors (Lipinski definition) is 0. The molecule has 0 atom stereocenters. The van der Waals surface area contributed by atoms with Crippen LogP contribution in [0.5, 0.6) is 0 Å². The van der Waals surface area contributed by atoms with Gasteiger partial charge in [-0.1, -0.05) is 48.5 Å². The maximum absolute atomic E-state index is 2.29. The van der Waals surface area contributed by atoms with E-state index in [0.29, 0.717) is 0 Å². The first-order valence-corrected chi connectivity index (χ1v) is 6.01. The number of benzene rings is 2. The molecule has 0 nitrogen and oxygen atoms in total. The van der Waals surface area contributed by atoms with Gasteiger partial charge in [0.2, 0.25) is 0 Å². The molecule has 0 amide bonds. The van der Waals surface area contributed by atoms with Crippen molar-refractivity contribution >= 4 is 0 Å². The second kappa shape index (κ2) is 3.79. The van der Waals surface area contributed by atoms with Crippen LogP contribution in [0.2, 0.25) is 0 Å². The minimum Gasteiger partial charge on any atom is -0.0620 e. The molecular formula is C16H16. The van der Waals surface area contributed by atoms with Gasteiger partial charge in [-0.05, 0) is 47.9 Å². The van der Waals surface area contributed by atoms with Crippen molar-refractivity contribution in [1.82, 2.24) is 0 Å². The van der Waals surface area contributed by atoms with E-state index in [1.165, 1.54) is 35.1 Å². The van der Waals surface area contributed by atoms with Gasteiger partial charge in [-0.2, -0.15) is 0 Å². The van der Waals surface area contributed by atoms with E-state index >= 15 is 0 Å². The van der Waals surface area contributed by atoms with Gasteiger partial charge in [-0.15, -0.1) is 0 Å². The highest BCUT2D eigenvalue weighted by molar-refractivity contribution is 5.71. The molecule has 0 radical (unpaired) electrons. The Morgan fingerprint density at radius 2 is 1.44 bits per heavy atom. The second-order valence-corrected chi connectivity index (χ2v) is 4.68. The average molecular weight is 208 g/mol. The Balaban J connectivity index is 2.15. The van der Waals surface area contributed by atoms with Gasteiger partial charge in [0.05, 0.1) is 0 Å². The van der Waals surface area contributed by atoms with E-state index < -0.39 is 0 Å². The van der Waals surface area contributed by atoms with Gasteiger partial charge >= 0.3 is 0 Å². The summed E-state index contributed by atoms with van der Waals surface area (Å²) < 4.78 is 0. The lowest BCUT2D eigenvalue weighted by molar-refractivity contribution is 1.13. The van der Waals surface area contributed by atoms with Crippen LogP contribution >= 0.6 is 0 Å². The molecule has 0 heterocycles. The molecule has 1 saturated carbocycles. The summed E-state index contributed by atoms with van der Waals surface area (Å²) in [5.41, 5.74) is 5.74. The lowest BCUT2D eigenvalue weighted by Gasteiger charge is -2.11. The third kappa shape index (κ3) is 1.65. The predicted molar refractivity (Wildman–Crippen MR) is 68.6 cm³/mol. The van der Waals surface area contributed by atoms with Crippen molar-refractivity contribution in [2.45, 2.75) is 25.7 Å². The number of rotatable bonds is 2. The number of aryl methyl sites for hydroxylation is 1. The molecule has 0 heteroatoms. The fourth-order valence-corrected chi connectivity index (χ4v) is 2.37. The smallest absolute Gasteiger partial charge is 0.0146 e. The summed E-state index contributed by atoms with van der Waals surface area (Å²) in [6, 6.07) is 17.5. The predicted octanol–water partition coefficient (Wildman–Crippen LogP) is 4.54. The Bertz CT molecular complexity index is 507. The van der Waals surface area contributed by atoms with Crippen LogP contribution in [0, 0.1) is 6.92 Å². The van der Waals surface area contributed by atoms with Crippen LogP contribution in [0.25, 0.3) is 11.1 Å². The molecule has 1 fully saturated rings. The van der Waals surface area contributed by atoms with Gasteiger partial charge in [-0.25, -0.2) is 0 Å². The van der Waals surface area contributed by atoms with Gasteiger partial charge in [0.1, 0.15) is 0 Å². The highest BCUT2D eigenvalue weighted by atomic mass is 14.3. The van der Waals surface area contributed by atoms with E-state index in [9.17, 15) is 0 Å². The molecule has 3 rings (SSSR count). The average Bonchev–Trinajstić information content (AvgIpc) is 3.14. The first-order valence-electron chi connectivity index (χ1n) is 6.01. The Labute approximate surface area is 96.9 Å². The Kier molecular flexibility index (Phi) is 2.28. The zero-order valence-corrected chi connectivity index (χ0v) is 9.61. The van der Waals surface area contributed by atoms with Crippen molar-refractivity contribution in [3.8, 4) is 11.1 Å². The summed E-state index contributed by atoms with van der Waals surface area (Å²) in [6.45, 7) is 2.19. The highest BCUT2D eigenvalue weighted by Gasteiger charge is 2.26. The largest absolute Gasteiger partial charge is 0.0620 e. The molecular weight excluding hydrogens is 192 g/mol. The maximum Gasteiger partial charge on any atom is -0.0146 e. The van der Waals surface area contributed by atoms with Crippen molar-refractivity contribution in [1.29, 1.82) is 0 Å². The van der Waals surface area contributed by atoms with Gasteiger partial charge in [0, 0.05) is 0 Å². The molecule has 80 valence electrons. The van der Waals surface area contributed by atoms with E-state index in [4.69, 9.17) is 0 Å². The van der Waals surface area contributed by atoms with Crippen LogP contribution in [-0.2, 0) is 0 Å². The van der Waals surface area contributed by atoms with E-state index in [0.717, 1.165) is 5.92 Å². The highest BCUT2D eigenvalue weighted by Crippen LogP contribution is 2.44. The van der Waals surface area contributed by atoms with Gasteiger partial charge in [0.25, 0.3) is 0 Å². The molecule has 2 aromatic rings. The maximum atomic E-state index is 2.29. The molecule has 2 aromatic carbocycles. The summed E-state index contributed by atoms with van der Waals surface area (Å²) >= 11 is 0. The van der Waals surface area contributed by atoms with Crippen LogP contribution in [0.1, 0.15) is 29.9 Å². The van der Waals surface area contributed by atoms with Crippen molar-refractivity contribution in [2.75, 3.05) is 0 Å². The summed E-state index contributed by atoms with van der Waals surface area (Å²) in [4.78, 5) is 0. The SMILES string of the molecule is Cc1ccccc1-c1ccccc1C1CC1. The van der Waals surface area contributed by atoms with E-state index in [1.54, 1.807) is 0 Å². The first-order chi connectivity index (χ1) is 7.86. The molecule has 1 aliphatic rings. The summed E-state index contributed by atoms with van der Waals surface area (Å²) in [5.74, 6) is 0.816. The quantitative estimate of drug-likeness (QED) is 0.679. The minimum atomic E-state index is 0.816. The van der Waals surface area contributed by atoms with Crippen molar-refractivity contribution in [3.63, 3.8) is 0 Å². The molecule has 1 aliphatic carbocycles. The van der Waals surface area contributed by atoms with Crippen molar-refractivity contribution in [3.05, 3.63) is 59.7 Å². The van der Waals surface area contributed by atoms with Crippen LogP contribution in [0.4, 0.5) is 0 Å². The van der Waals surface area contributed by atoms with Gasteiger partial charge < -0.3 is 0 Å². The van der Waals surface area contributed by atoms with Crippen molar-refractivity contribution < 1.29 is 0 Å². The summed E-state index contributed by atoms with van der Waals surface area (Å²) in [5, 5.41) is 0. The summed E-state index contributed by atoms with van der Waals surface area (Å²) in [6.07, 6.45) is 2.73. The first kappa shape index (κ1) is 9.65. The molecule has 0 N–H and O–H groups in total. The van der Waals surface area contributed by atoms with Crippen LogP contribution in [-0.4, -0.2) is 0 Å². The van der Waals surface area contributed by atoms with E-state index in [1.807, 2.05) is 0 Å². The molecule has 0 bridgehead atoms. The fraction of sp³-hybridized carbons (Fsp3) is 0.250. The third-order valence-electron chi connectivity index (χ3n) is 3.41. The lowest BCUT2D eigenvalue weighted by Crippen LogP contribution is -1.88. The fourth-order valence-electron chi connectivity index (χ4n) is 2.37. The zero-order valence-electron chi connectivity index (χ0n) is 9.61. The molecule has 0 spiro atoms. The van der Waals surface area contributed by atoms with Gasteiger partial charge in [0.15, 0.2) is 0 Å².